The van der Waals surface area contributed by atoms with Gasteiger partial charge in [0.05, 0.1) is 0 Å². The fourth-order valence-corrected chi connectivity index (χ4v) is 0.451. The molecule has 1 atom stereocenters. The fourth-order valence-electron chi connectivity index (χ4n) is 0.271. The molecule has 0 N–H and O–H groups in total. The Bertz CT molecular complexity index is 88.4. The summed E-state index contributed by atoms with van der Waals surface area (Å²) in [7, 11) is 0. The van der Waals surface area contributed by atoms with Gasteiger partial charge in [-0.2, -0.15) is 5.23 Å². The second-order valence-corrected chi connectivity index (χ2v) is 2.00. The van der Waals surface area contributed by atoms with Crippen LogP contribution in [-0.2, 0) is 12.6 Å². The molecule has 0 rings (SSSR count). The van der Waals surface area contributed by atoms with E-state index in [1.54, 1.807) is 0 Å². The van der Waals surface area contributed by atoms with E-state index >= 15 is 0 Å². The predicted molar refractivity (Wildman–Crippen MR) is 34.6 cm³/mol. The Morgan fingerprint density at radius 1 is 1.88 bits per heavy atom. The zero-order valence-corrected chi connectivity index (χ0v) is 5.86. The third kappa shape index (κ3) is 3.87. The molecule has 0 saturated heterocycles. The fraction of sp³-hybridized carbons (Fsp3) is 0.800. The molecule has 3 heteroatoms. The first-order valence-electron chi connectivity index (χ1n) is 2.58. The van der Waals surface area contributed by atoms with Gasteiger partial charge >= 0.3 is 0 Å². The minimum atomic E-state index is -0.487. The summed E-state index contributed by atoms with van der Waals surface area (Å²) in [5.41, 5.74) is 0. The van der Waals surface area contributed by atoms with Crippen LogP contribution in [0.1, 0.15) is 20.3 Å². The maximum absolute atomic E-state index is 10.1. The zero-order chi connectivity index (χ0) is 6.57. The van der Waals surface area contributed by atoms with Crippen molar-refractivity contribution in [3.63, 3.8) is 0 Å². The molecule has 0 saturated carbocycles. The van der Waals surface area contributed by atoms with Gasteiger partial charge in [0.25, 0.3) is 0 Å². The summed E-state index contributed by atoms with van der Waals surface area (Å²) < 4.78 is 0. The van der Waals surface area contributed by atoms with Gasteiger partial charge in [0.2, 0.25) is 0 Å². The first kappa shape index (κ1) is 7.69. The lowest BCUT2D eigenvalue weighted by Crippen LogP contribution is -2.15. The summed E-state index contributed by atoms with van der Waals surface area (Å²) >= 11 is 4.22. The van der Waals surface area contributed by atoms with Crippen LogP contribution in [0.15, 0.2) is 4.99 Å². The summed E-state index contributed by atoms with van der Waals surface area (Å²) in [4.78, 5) is 3.57. The monoisotopic (exact) mass is 131 g/mol. The minimum absolute atomic E-state index is 0.0972. The van der Waals surface area contributed by atoms with Crippen LogP contribution in [0.5, 0.6) is 0 Å². The van der Waals surface area contributed by atoms with E-state index in [1.807, 2.05) is 13.8 Å². The molecule has 0 aliphatic rings. The number of aliphatic imine (C=N–C) groups is 1. The topological polar surface area (TPSA) is 35.4 Å². The van der Waals surface area contributed by atoms with Crippen molar-refractivity contribution in [3.05, 3.63) is 0 Å². The maximum Gasteiger partial charge on any atom is 0.0436 e. The third-order valence-corrected chi connectivity index (χ3v) is 1.02. The lowest BCUT2D eigenvalue weighted by atomic mass is 10.3. The van der Waals surface area contributed by atoms with E-state index in [0.29, 0.717) is 0 Å². The Kier molecular flexibility index (Phi) is 3.52. The average Bonchev–Trinajstić information content (AvgIpc) is 1.65. The Morgan fingerprint density at radius 2 is 2.38 bits per heavy atom. The van der Waals surface area contributed by atoms with Crippen LogP contribution in [-0.4, -0.2) is 11.3 Å². The van der Waals surface area contributed by atoms with Crippen LogP contribution in [0.25, 0.3) is 0 Å². The first-order valence-corrected chi connectivity index (χ1v) is 2.99. The Labute approximate surface area is 55.0 Å². The van der Waals surface area contributed by atoms with Gasteiger partial charge in [-0.15, -0.1) is 0 Å². The van der Waals surface area contributed by atoms with Gasteiger partial charge < -0.3 is 22.7 Å². The van der Waals surface area contributed by atoms with E-state index in [-0.39, 0.29) is 6.04 Å². The summed E-state index contributed by atoms with van der Waals surface area (Å²) in [5.74, 6) is 0. The molecule has 0 fully saturated rings. The van der Waals surface area contributed by atoms with Gasteiger partial charge in [0, 0.05) is 6.04 Å². The van der Waals surface area contributed by atoms with E-state index in [0.717, 1.165) is 6.42 Å². The minimum Gasteiger partial charge on any atom is -0.879 e. The molecule has 8 heavy (non-hydrogen) atoms. The molecule has 0 aliphatic carbocycles. The highest BCUT2D eigenvalue weighted by molar-refractivity contribution is 7.76. The Morgan fingerprint density at radius 3 is 2.50 bits per heavy atom. The van der Waals surface area contributed by atoms with Crippen LogP contribution in [0, 0.1) is 0 Å². The molecule has 2 nitrogen and oxygen atoms in total. The standard InChI is InChI=1S/C5H11NOS/c1-3-4(2)6-5(7)8/h4H,3H2,1-2H3,(H2,6,7,8)/p-2. The quantitative estimate of drug-likeness (QED) is 0.301. The molecule has 0 spiro atoms. The van der Waals surface area contributed by atoms with E-state index in [4.69, 9.17) is 0 Å². The van der Waals surface area contributed by atoms with Gasteiger partial charge in [-0.1, -0.05) is 6.92 Å². The summed E-state index contributed by atoms with van der Waals surface area (Å²) in [6.07, 6.45) is 0.877. The molecule has 0 heterocycles. The van der Waals surface area contributed by atoms with Gasteiger partial charge in [0.15, 0.2) is 0 Å². The smallest absolute Gasteiger partial charge is 0.0436 e. The highest BCUT2D eigenvalue weighted by atomic mass is 32.1. The van der Waals surface area contributed by atoms with Crippen molar-refractivity contribution in [2.45, 2.75) is 26.3 Å². The second-order valence-electron chi connectivity index (χ2n) is 1.65. The molecule has 1 unspecified atom stereocenters. The largest absolute Gasteiger partial charge is 0.879 e. The predicted octanol–water partition coefficient (Wildman–Crippen LogP) is 0.0481. The van der Waals surface area contributed by atoms with Gasteiger partial charge in [0.1, 0.15) is 0 Å². The van der Waals surface area contributed by atoms with Crippen molar-refractivity contribution >= 4 is 17.9 Å². The SMILES string of the molecule is CCC(C)N=C([O-])[S-]. The zero-order valence-electron chi connectivity index (χ0n) is 5.05. The Hall–Kier alpha value is -0.310. The number of rotatable bonds is 2. The average molecular weight is 131 g/mol. The van der Waals surface area contributed by atoms with Crippen LogP contribution in [0.4, 0.5) is 0 Å². The van der Waals surface area contributed by atoms with E-state index in [1.165, 1.54) is 0 Å². The van der Waals surface area contributed by atoms with Crippen molar-refractivity contribution in [2.24, 2.45) is 4.99 Å². The van der Waals surface area contributed by atoms with Gasteiger partial charge in [-0.25, -0.2) is 0 Å². The first-order chi connectivity index (χ1) is 3.66. The number of hydrogen-bond donors (Lipinski definition) is 0. The van der Waals surface area contributed by atoms with Crippen molar-refractivity contribution in [1.29, 1.82) is 0 Å². The van der Waals surface area contributed by atoms with Gasteiger partial charge in [-0.3, -0.25) is 0 Å². The van der Waals surface area contributed by atoms with Crippen molar-refractivity contribution in [3.8, 4) is 0 Å². The lowest BCUT2D eigenvalue weighted by Gasteiger charge is -2.17. The second kappa shape index (κ2) is 3.66. The molecule has 0 aromatic rings. The van der Waals surface area contributed by atoms with Crippen molar-refractivity contribution in [1.82, 2.24) is 0 Å². The van der Waals surface area contributed by atoms with Crippen LogP contribution >= 0.6 is 0 Å². The van der Waals surface area contributed by atoms with Crippen molar-refractivity contribution in [2.75, 3.05) is 0 Å². The lowest BCUT2D eigenvalue weighted by molar-refractivity contribution is -0.206. The molecule has 48 valence electrons. The summed E-state index contributed by atoms with van der Waals surface area (Å²) in [6, 6.07) is 0.0972. The molecule has 0 aromatic carbocycles. The normalized spacial score (nSPS) is 16.0. The third-order valence-electron chi connectivity index (χ3n) is 0.917. The van der Waals surface area contributed by atoms with Gasteiger partial charge in [-0.05, 0) is 13.3 Å². The summed E-state index contributed by atoms with van der Waals surface area (Å²) in [5, 5.41) is 9.57. The molecular formula is C5H9NOS-2. The highest BCUT2D eigenvalue weighted by Gasteiger charge is 1.86. The van der Waals surface area contributed by atoms with Crippen LogP contribution in [0.2, 0.25) is 0 Å². The molecule has 0 aromatic heterocycles. The Balaban J connectivity index is 3.51. The van der Waals surface area contributed by atoms with E-state index in [2.05, 4.69) is 17.6 Å². The van der Waals surface area contributed by atoms with E-state index in [9.17, 15) is 5.11 Å². The van der Waals surface area contributed by atoms with Crippen LogP contribution in [0.3, 0.4) is 0 Å². The molecule has 0 bridgehead atoms. The van der Waals surface area contributed by atoms with Crippen molar-refractivity contribution < 1.29 is 5.11 Å². The molecular weight excluding hydrogens is 122 g/mol. The number of hydrogen-bond acceptors (Lipinski definition) is 3. The van der Waals surface area contributed by atoms with Crippen LogP contribution < -0.4 is 5.11 Å². The maximum atomic E-state index is 10.1. The highest BCUT2D eigenvalue weighted by Crippen LogP contribution is 1.92. The molecule has 0 amide bonds. The molecule has 0 radical (unpaired) electrons. The summed E-state index contributed by atoms with van der Waals surface area (Å²) in [6.45, 7) is 3.83. The molecule has 0 aliphatic heterocycles. The number of nitrogens with zero attached hydrogens (tertiary/aromatic N) is 1. The van der Waals surface area contributed by atoms with E-state index < -0.39 is 5.23 Å².